The molecule has 4 heteroatoms. The normalized spacial score (nSPS) is 26.8. The molecule has 17 heavy (non-hydrogen) atoms. The molecule has 0 aromatic rings. The summed E-state index contributed by atoms with van der Waals surface area (Å²) >= 11 is 6.12. The highest BCUT2D eigenvalue weighted by Crippen LogP contribution is 2.36. The lowest BCUT2D eigenvalue weighted by atomic mass is 9.79. The van der Waals surface area contributed by atoms with Crippen LogP contribution in [0.5, 0.6) is 0 Å². The highest BCUT2D eigenvalue weighted by Gasteiger charge is 2.29. The largest absolute Gasteiger partial charge is 0.481 e. The Hall–Kier alpha value is -1.35. The lowest BCUT2D eigenvalue weighted by Gasteiger charge is -2.29. The first-order valence-electron chi connectivity index (χ1n) is 5.63. The molecule has 2 aliphatic rings. The van der Waals surface area contributed by atoms with Gasteiger partial charge in [0.25, 0.3) is 0 Å². The van der Waals surface area contributed by atoms with Crippen LogP contribution in [0.1, 0.15) is 19.8 Å². The molecule has 1 aliphatic heterocycles. The highest BCUT2D eigenvalue weighted by atomic mass is 35.5. The Morgan fingerprint density at radius 2 is 2.29 bits per heavy atom. The van der Waals surface area contributed by atoms with Crippen LogP contribution in [0.4, 0.5) is 0 Å². The molecule has 1 heterocycles. The molecule has 0 saturated heterocycles. The minimum Gasteiger partial charge on any atom is -0.481 e. The number of carboxylic acids is 1. The fourth-order valence-electron chi connectivity index (χ4n) is 2.24. The molecular formula is C13H14ClNO2. The van der Waals surface area contributed by atoms with Crippen molar-refractivity contribution in [1.82, 2.24) is 0 Å². The van der Waals surface area contributed by atoms with Gasteiger partial charge in [-0.05, 0) is 24.0 Å². The Labute approximate surface area is 105 Å². The first-order chi connectivity index (χ1) is 8.09. The van der Waals surface area contributed by atoms with Gasteiger partial charge in [0.1, 0.15) is 5.16 Å². The van der Waals surface area contributed by atoms with E-state index in [-0.39, 0.29) is 18.3 Å². The van der Waals surface area contributed by atoms with Gasteiger partial charge in [0.15, 0.2) is 0 Å². The maximum Gasteiger partial charge on any atom is 0.303 e. The molecule has 0 aromatic carbocycles. The first kappa shape index (κ1) is 12.1. The Kier molecular flexibility index (Phi) is 3.48. The fourth-order valence-corrected chi connectivity index (χ4v) is 2.61. The Balaban J connectivity index is 2.24. The summed E-state index contributed by atoms with van der Waals surface area (Å²) in [6.45, 7) is 2.07. The van der Waals surface area contributed by atoms with Gasteiger partial charge >= 0.3 is 5.97 Å². The van der Waals surface area contributed by atoms with Crippen molar-refractivity contribution in [2.75, 3.05) is 0 Å². The number of fused-ring (bicyclic) bond motifs is 1. The van der Waals surface area contributed by atoms with Gasteiger partial charge in [-0.2, -0.15) is 0 Å². The second-order valence-corrected chi connectivity index (χ2v) is 4.66. The van der Waals surface area contributed by atoms with Crippen LogP contribution in [0.3, 0.4) is 0 Å². The molecule has 90 valence electrons. The SMILES string of the molecule is CC1C(CCC(=O)O)=C(Cl)N=C2C=CC=CC21. The summed E-state index contributed by atoms with van der Waals surface area (Å²) in [6, 6.07) is 0. The summed E-state index contributed by atoms with van der Waals surface area (Å²) in [5, 5.41) is 9.19. The van der Waals surface area contributed by atoms with Crippen molar-refractivity contribution >= 4 is 23.3 Å². The maximum absolute atomic E-state index is 10.6. The number of aliphatic imine (C=N–C) groups is 1. The number of carboxylic acid groups (broad SMARTS) is 1. The monoisotopic (exact) mass is 251 g/mol. The van der Waals surface area contributed by atoms with Gasteiger partial charge in [-0.15, -0.1) is 0 Å². The van der Waals surface area contributed by atoms with E-state index in [1.54, 1.807) is 0 Å². The van der Waals surface area contributed by atoms with Gasteiger partial charge in [-0.1, -0.05) is 36.8 Å². The number of nitrogens with zero attached hydrogens (tertiary/aromatic N) is 1. The zero-order chi connectivity index (χ0) is 12.4. The van der Waals surface area contributed by atoms with E-state index in [1.165, 1.54) is 0 Å². The second-order valence-electron chi connectivity index (χ2n) is 4.30. The van der Waals surface area contributed by atoms with Crippen molar-refractivity contribution in [3.63, 3.8) is 0 Å². The molecule has 3 nitrogen and oxygen atoms in total. The smallest absolute Gasteiger partial charge is 0.303 e. The lowest BCUT2D eigenvalue weighted by Crippen LogP contribution is -2.25. The summed E-state index contributed by atoms with van der Waals surface area (Å²) in [5.74, 6) is -0.357. The molecule has 0 radical (unpaired) electrons. The van der Waals surface area contributed by atoms with Gasteiger partial charge in [-0.25, -0.2) is 4.99 Å². The zero-order valence-electron chi connectivity index (χ0n) is 9.56. The molecule has 0 bridgehead atoms. The van der Waals surface area contributed by atoms with Crippen molar-refractivity contribution in [3.05, 3.63) is 35.0 Å². The standard InChI is InChI=1S/C13H14ClNO2/c1-8-9-4-2-3-5-11(9)15-13(14)10(8)6-7-12(16)17/h2-5,8-9H,6-7H2,1H3,(H,16,17). The molecule has 0 amide bonds. The molecule has 0 saturated carbocycles. The molecule has 0 spiro atoms. The van der Waals surface area contributed by atoms with E-state index < -0.39 is 5.97 Å². The van der Waals surface area contributed by atoms with Crippen molar-refractivity contribution in [2.24, 2.45) is 16.8 Å². The quantitative estimate of drug-likeness (QED) is 0.784. The number of rotatable bonds is 3. The topological polar surface area (TPSA) is 49.7 Å². The molecule has 2 rings (SSSR count). The number of hydrogen-bond acceptors (Lipinski definition) is 2. The van der Waals surface area contributed by atoms with Crippen LogP contribution in [0.2, 0.25) is 0 Å². The predicted octanol–water partition coefficient (Wildman–Crippen LogP) is 3.13. The van der Waals surface area contributed by atoms with E-state index in [0.717, 1.165) is 11.3 Å². The van der Waals surface area contributed by atoms with E-state index in [2.05, 4.69) is 18.0 Å². The third kappa shape index (κ3) is 2.50. The Morgan fingerprint density at radius 3 is 3.00 bits per heavy atom. The van der Waals surface area contributed by atoms with E-state index in [1.807, 2.05) is 18.2 Å². The minimum absolute atomic E-state index is 0.104. The Morgan fingerprint density at radius 1 is 1.53 bits per heavy atom. The highest BCUT2D eigenvalue weighted by molar-refractivity contribution is 6.31. The van der Waals surface area contributed by atoms with E-state index in [0.29, 0.717) is 11.6 Å². The van der Waals surface area contributed by atoms with Crippen LogP contribution in [0.15, 0.2) is 40.0 Å². The average molecular weight is 252 g/mol. The first-order valence-corrected chi connectivity index (χ1v) is 6.01. The number of aliphatic carboxylic acids is 1. The van der Waals surface area contributed by atoms with Gasteiger partial charge in [0.2, 0.25) is 0 Å². The molecule has 0 fully saturated rings. The van der Waals surface area contributed by atoms with Crippen LogP contribution < -0.4 is 0 Å². The predicted molar refractivity (Wildman–Crippen MR) is 68.1 cm³/mol. The van der Waals surface area contributed by atoms with E-state index in [4.69, 9.17) is 16.7 Å². The molecule has 0 aromatic heterocycles. The molecular weight excluding hydrogens is 238 g/mol. The minimum atomic E-state index is -0.803. The van der Waals surface area contributed by atoms with E-state index in [9.17, 15) is 4.79 Å². The summed E-state index contributed by atoms with van der Waals surface area (Å²) in [7, 11) is 0. The Bertz CT molecular complexity index is 460. The molecule has 1 N–H and O–H groups in total. The van der Waals surface area contributed by atoms with Crippen LogP contribution in [-0.4, -0.2) is 16.8 Å². The van der Waals surface area contributed by atoms with E-state index >= 15 is 0 Å². The summed E-state index contributed by atoms with van der Waals surface area (Å²) in [6.07, 6.45) is 8.56. The number of halogens is 1. The van der Waals surface area contributed by atoms with Crippen molar-refractivity contribution in [1.29, 1.82) is 0 Å². The lowest BCUT2D eigenvalue weighted by molar-refractivity contribution is -0.136. The molecule has 2 unspecified atom stereocenters. The van der Waals surface area contributed by atoms with Crippen LogP contribution in [0, 0.1) is 11.8 Å². The van der Waals surface area contributed by atoms with Crippen molar-refractivity contribution in [3.8, 4) is 0 Å². The molecule has 1 aliphatic carbocycles. The number of hydrogen-bond donors (Lipinski definition) is 1. The molecule has 2 atom stereocenters. The zero-order valence-corrected chi connectivity index (χ0v) is 10.3. The summed E-state index contributed by atoms with van der Waals surface area (Å²) in [4.78, 5) is 15.0. The number of allylic oxidation sites excluding steroid dienone is 5. The average Bonchev–Trinajstić information content (AvgIpc) is 2.28. The van der Waals surface area contributed by atoms with Gasteiger partial charge < -0.3 is 5.11 Å². The van der Waals surface area contributed by atoms with Gasteiger partial charge in [0.05, 0.1) is 0 Å². The van der Waals surface area contributed by atoms with Crippen molar-refractivity contribution in [2.45, 2.75) is 19.8 Å². The summed E-state index contributed by atoms with van der Waals surface area (Å²) < 4.78 is 0. The van der Waals surface area contributed by atoms with Crippen LogP contribution in [0.25, 0.3) is 0 Å². The third-order valence-corrected chi connectivity index (χ3v) is 3.55. The fraction of sp³-hybridized carbons (Fsp3) is 0.385. The van der Waals surface area contributed by atoms with Gasteiger partial charge in [-0.3, -0.25) is 4.79 Å². The van der Waals surface area contributed by atoms with Crippen LogP contribution in [-0.2, 0) is 4.79 Å². The third-order valence-electron chi connectivity index (χ3n) is 3.23. The van der Waals surface area contributed by atoms with Crippen LogP contribution >= 0.6 is 11.6 Å². The number of carbonyl (C=O) groups is 1. The maximum atomic E-state index is 10.6. The van der Waals surface area contributed by atoms with Gasteiger partial charge in [0, 0.05) is 18.1 Å². The summed E-state index contributed by atoms with van der Waals surface area (Å²) in [5.41, 5.74) is 1.91. The van der Waals surface area contributed by atoms with Crippen molar-refractivity contribution < 1.29 is 9.90 Å². The second kappa shape index (κ2) is 4.88.